The molecule has 0 aliphatic heterocycles. The standard InChI is InChI=1S/C34H44ClNO5/c1-10-40-31(39)34(8,9)18-27-30(28(37)19-32(2,3)4)25-17-24(41-29(38)20-33(5,6)7)15-16-26(25)36(27)21-22-11-13-23(35)14-12-22/h11-17H,10,18-21H2,1-9H3. The van der Waals surface area contributed by atoms with Crippen LogP contribution < -0.4 is 4.74 Å². The van der Waals surface area contributed by atoms with E-state index in [9.17, 15) is 14.4 Å². The highest BCUT2D eigenvalue weighted by Gasteiger charge is 2.35. The van der Waals surface area contributed by atoms with Gasteiger partial charge in [0, 0.05) is 46.6 Å². The number of ether oxygens (including phenoxy) is 2. The Labute approximate surface area is 249 Å². The van der Waals surface area contributed by atoms with Crippen molar-refractivity contribution in [2.45, 2.75) is 88.1 Å². The molecule has 222 valence electrons. The maximum Gasteiger partial charge on any atom is 0.311 e. The number of halogens is 1. The molecule has 0 amide bonds. The Morgan fingerprint density at radius 2 is 1.46 bits per heavy atom. The van der Waals surface area contributed by atoms with Crippen LogP contribution in [0.1, 0.15) is 96.8 Å². The summed E-state index contributed by atoms with van der Waals surface area (Å²) in [6, 6.07) is 13.0. The Balaban J connectivity index is 2.27. The summed E-state index contributed by atoms with van der Waals surface area (Å²) < 4.78 is 13.2. The van der Waals surface area contributed by atoms with Crippen LogP contribution in [0.25, 0.3) is 10.9 Å². The fourth-order valence-corrected chi connectivity index (χ4v) is 5.01. The predicted molar refractivity (Wildman–Crippen MR) is 165 cm³/mol. The lowest BCUT2D eigenvalue weighted by atomic mass is 9.83. The Morgan fingerprint density at radius 1 is 0.854 bits per heavy atom. The molecule has 6 nitrogen and oxygen atoms in total. The summed E-state index contributed by atoms with van der Waals surface area (Å²) in [5.41, 5.74) is 1.76. The number of carbonyl (C=O) groups excluding carboxylic acids is 3. The van der Waals surface area contributed by atoms with Gasteiger partial charge in [0.15, 0.2) is 5.78 Å². The SMILES string of the molecule is CCOC(=O)C(C)(C)Cc1c(C(=O)CC(C)(C)C)c2cc(OC(=O)CC(C)(C)C)ccc2n1Cc1ccc(Cl)cc1. The van der Waals surface area contributed by atoms with Crippen molar-refractivity contribution in [1.82, 2.24) is 4.57 Å². The smallest absolute Gasteiger partial charge is 0.311 e. The van der Waals surface area contributed by atoms with E-state index >= 15 is 0 Å². The molecular formula is C34H44ClNO5. The molecule has 3 aromatic rings. The van der Waals surface area contributed by atoms with E-state index in [0.29, 0.717) is 41.1 Å². The first kappa shape index (κ1) is 32.4. The van der Waals surface area contributed by atoms with Crippen LogP contribution in [-0.4, -0.2) is 28.9 Å². The van der Waals surface area contributed by atoms with Crippen molar-refractivity contribution in [2.75, 3.05) is 6.61 Å². The molecule has 1 heterocycles. The molecule has 0 atom stereocenters. The number of fused-ring (bicyclic) bond motifs is 1. The third kappa shape index (κ3) is 8.68. The Bertz CT molecular complexity index is 1420. The highest BCUT2D eigenvalue weighted by Crippen LogP contribution is 2.37. The van der Waals surface area contributed by atoms with Crippen molar-refractivity contribution in [2.24, 2.45) is 16.2 Å². The fourth-order valence-electron chi connectivity index (χ4n) is 4.89. The van der Waals surface area contributed by atoms with E-state index in [1.54, 1.807) is 19.1 Å². The Hall–Kier alpha value is -3.12. The van der Waals surface area contributed by atoms with Gasteiger partial charge in [-0.2, -0.15) is 0 Å². The first-order valence-electron chi connectivity index (χ1n) is 14.2. The molecule has 0 N–H and O–H groups in total. The van der Waals surface area contributed by atoms with E-state index < -0.39 is 5.41 Å². The molecule has 0 radical (unpaired) electrons. The summed E-state index contributed by atoms with van der Waals surface area (Å²) in [7, 11) is 0. The molecule has 3 rings (SSSR count). The van der Waals surface area contributed by atoms with Crippen LogP contribution in [0.15, 0.2) is 42.5 Å². The van der Waals surface area contributed by atoms with E-state index in [1.807, 2.05) is 85.7 Å². The number of esters is 2. The summed E-state index contributed by atoms with van der Waals surface area (Å²) >= 11 is 6.15. The summed E-state index contributed by atoms with van der Waals surface area (Å²) in [6.45, 7) is 18.2. The minimum Gasteiger partial charge on any atom is -0.466 e. The predicted octanol–water partition coefficient (Wildman–Crippen LogP) is 8.44. The van der Waals surface area contributed by atoms with Crippen molar-refractivity contribution >= 4 is 40.2 Å². The van der Waals surface area contributed by atoms with Crippen LogP contribution in [0.4, 0.5) is 0 Å². The van der Waals surface area contributed by atoms with E-state index in [1.165, 1.54) is 0 Å². The van der Waals surface area contributed by atoms with Crippen molar-refractivity contribution in [3.05, 3.63) is 64.3 Å². The lowest BCUT2D eigenvalue weighted by molar-refractivity contribution is -0.153. The van der Waals surface area contributed by atoms with Gasteiger partial charge in [0.05, 0.1) is 18.4 Å². The summed E-state index contributed by atoms with van der Waals surface area (Å²) in [5, 5.41) is 1.33. The average Bonchev–Trinajstić information content (AvgIpc) is 3.10. The highest BCUT2D eigenvalue weighted by atomic mass is 35.5. The molecule has 7 heteroatoms. The number of benzene rings is 2. The normalized spacial score (nSPS) is 12.4. The van der Waals surface area contributed by atoms with E-state index in [2.05, 4.69) is 4.57 Å². The quantitative estimate of drug-likeness (QED) is 0.136. The first-order valence-corrected chi connectivity index (χ1v) is 14.6. The molecule has 2 aromatic carbocycles. The molecule has 0 aliphatic carbocycles. The lowest BCUT2D eigenvalue weighted by Gasteiger charge is -2.25. The van der Waals surface area contributed by atoms with E-state index in [0.717, 1.165) is 16.8 Å². The van der Waals surface area contributed by atoms with Gasteiger partial charge in [0.1, 0.15) is 5.75 Å². The first-order chi connectivity index (χ1) is 18.9. The minimum atomic E-state index is -0.888. The van der Waals surface area contributed by atoms with E-state index in [4.69, 9.17) is 21.1 Å². The topological polar surface area (TPSA) is 74.6 Å². The Kier molecular flexibility index (Phi) is 9.80. The lowest BCUT2D eigenvalue weighted by Crippen LogP contribution is -2.31. The van der Waals surface area contributed by atoms with Gasteiger partial charge in [-0.05, 0) is 67.5 Å². The largest absolute Gasteiger partial charge is 0.466 e. The number of nitrogens with zero attached hydrogens (tertiary/aromatic N) is 1. The summed E-state index contributed by atoms with van der Waals surface area (Å²) in [6.07, 6.45) is 0.865. The van der Waals surface area contributed by atoms with Gasteiger partial charge in [-0.1, -0.05) is 65.3 Å². The number of aromatic nitrogens is 1. The van der Waals surface area contributed by atoms with Crippen LogP contribution in [0.5, 0.6) is 5.75 Å². The number of rotatable bonds is 10. The third-order valence-corrected chi connectivity index (χ3v) is 6.96. The van der Waals surface area contributed by atoms with Crippen molar-refractivity contribution < 1.29 is 23.9 Å². The van der Waals surface area contributed by atoms with Crippen LogP contribution in [0.3, 0.4) is 0 Å². The second-order valence-corrected chi connectivity index (χ2v) is 14.3. The molecule has 0 saturated heterocycles. The maximum absolute atomic E-state index is 14.1. The van der Waals surface area contributed by atoms with Crippen molar-refractivity contribution in [3.63, 3.8) is 0 Å². The zero-order chi connectivity index (χ0) is 30.8. The molecule has 1 aromatic heterocycles. The third-order valence-electron chi connectivity index (χ3n) is 6.71. The van der Waals surface area contributed by atoms with Crippen LogP contribution >= 0.6 is 11.6 Å². The molecule has 0 aliphatic rings. The molecule has 0 fully saturated rings. The van der Waals surface area contributed by atoms with Gasteiger partial charge in [-0.25, -0.2) is 0 Å². The van der Waals surface area contributed by atoms with Gasteiger partial charge in [-0.3, -0.25) is 14.4 Å². The van der Waals surface area contributed by atoms with Crippen LogP contribution in [0.2, 0.25) is 5.02 Å². The molecule has 0 unspecified atom stereocenters. The van der Waals surface area contributed by atoms with Crippen molar-refractivity contribution in [3.8, 4) is 5.75 Å². The zero-order valence-corrected chi connectivity index (χ0v) is 26.7. The second kappa shape index (κ2) is 12.4. The maximum atomic E-state index is 14.1. The molecule has 0 bridgehead atoms. The van der Waals surface area contributed by atoms with Gasteiger partial charge in [-0.15, -0.1) is 0 Å². The summed E-state index contributed by atoms with van der Waals surface area (Å²) in [5.74, 6) is -0.292. The molecule has 41 heavy (non-hydrogen) atoms. The van der Waals surface area contributed by atoms with E-state index in [-0.39, 0.29) is 41.6 Å². The molecule has 0 spiro atoms. The number of Topliss-reactive ketones (excluding diaryl/α,β-unsaturated/α-hetero) is 1. The van der Waals surface area contributed by atoms with Crippen LogP contribution in [-0.2, 0) is 27.3 Å². The van der Waals surface area contributed by atoms with Crippen molar-refractivity contribution in [1.29, 1.82) is 0 Å². The molecular weight excluding hydrogens is 538 g/mol. The zero-order valence-electron chi connectivity index (χ0n) is 25.9. The Morgan fingerprint density at radius 3 is 2.02 bits per heavy atom. The van der Waals surface area contributed by atoms with Gasteiger partial charge in [0.2, 0.25) is 0 Å². The number of ketones is 1. The highest BCUT2D eigenvalue weighted by molar-refractivity contribution is 6.30. The minimum absolute atomic E-state index is 0.0230. The summed E-state index contributed by atoms with van der Waals surface area (Å²) in [4.78, 5) is 39.7. The number of hydrogen-bond acceptors (Lipinski definition) is 5. The van der Waals surface area contributed by atoms with Gasteiger partial charge in [0.25, 0.3) is 0 Å². The number of carbonyl (C=O) groups is 3. The van der Waals surface area contributed by atoms with Gasteiger partial charge < -0.3 is 14.0 Å². The van der Waals surface area contributed by atoms with Gasteiger partial charge >= 0.3 is 11.9 Å². The monoisotopic (exact) mass is 581 g/mol. The second-order valence-electron chi connectivity index (χ2n) is 13.9. The van der Waals surface area contributed by atoms with Crippen LogP contribution in [0, 0.1) is 16.2 Å². The molecule has 0 saturated carbocycles. The number of hydrogen-bond donors (Lipinski definition) is 0. The average molecular weight is 582 g/mol. The fraction of sp³-hybridized carbons (Fsp3) is 0.500.